The predicted molar refractivity (Wildman–Crippen MR) is 44.5 cm³/mol. The SMILES string of the molecule is CCc1cccc(C(=O)[O-])c1C(=O)[O-].[Na+].[Na+]. The molecule has 74 valence electrons. The van der Waals surface area contributed by atoms with Crippen molar-refractivity contribution < 1.29 is 78.9 Å². The van der Waals surface area contributed by atoms with Crippen LogP contribution in [0.15, 0.2) is 18.2 Å². The van der Waals surface area contributed by atoms with Crippen LogP contribution in [0, 0.1) is 0 Å². The molecule has 0 bridgehead atoms. The molecule has 0 atom stereocenters. The standard InChI is InChI=1S/C10H10O4.2Na/c1-2-6-4-3-5-7(9(11)12)8(6)10(13)14;;/h3-5H,2H2,1H3,(H,11,12)(H,13,14);;/q;2*+1/p-2. The number of carbonyl (C=O) groups is 2. The quantitative estimate of drug-likeness (QED) is 0.490. The third-order valence-corrected chi connectivity index (χ3v) is 1.96. The van der Waals surface area contributed by atoms with E-state index in [1.807, 2.05) is 0 Å². The van der Waals surface area contributed by atoms with Gasteiger partial charge in [-0.15, -0.1) is 0 Å². The summed E-state index contributed by atoms with van der Waals surface area (Å²) >= 11 is 0. The molecule has 16 heavy (non-hydrogen) atoms. The Balaban J connectivity index is 0. The summed E-state index contributed by atoms with van der Waals surface area (Å²) in [4.78, 5) is 21.3. The fourth-order valence-electron chi connectivity index (χ4n) is 1.31. The molecule has 0 aromatic heterocycles. The van der Waals surface area contributed by atoms with Crippen molar-refractivity contribution in [2.24, 2.45) is 0 Å². The summed E-state index contributed by atoms with van der Waals surface area (Å²) in [5.74, 6) is -2.99. The van der Waals surface area contributed by atoms with E-state index < -0.39 is 11.9 Å². The molecule has 0 N–H and O–H groups in total. The first kappa shape index (κ1) is 18.5. The Kier molecular flexibility index (Phi) is 9.59. The molecule has 4 nitrogen and oxygen atoms in total. The van der Waals surface area contributed by atoms with Crippen molar-refractivity contribution >= 4 is 11.9 Å². The number of hydrogen-bond donors (Lipinski definition) is 0. The average Bonchev–Trinajstić information content (AvgIpc) is 2.16. The van der Waals surface area contributed by atoms with E-state index in [-0.39, 0.29) is 70.2 Å². The minimum atomic E-state index is -1.50. The Morgan fingerprint density at radius 2 is 1.69 bits per heavy atom. The van der Waals surface area contributed by atoms with E-state index in [1.54, 1.807) is 13.0 Å². The van der Waals surface area contributed by atoms with Gasteiger partial charge in [0, 0.05) is 11.1 Å². The van der Waals surface area contributed by atoms with E-state index in [2.05, 4.69) is 0 Å². The van der Waals surface area contributed by atoms with Gasteiger partial charge in [0.15, 0.2) is 0 Å². The summed E-state index contributed by atoms with van der Waals surface area (Å²) in [6, 6.07) is 4.23. The van der Waals surface area contributed by atoms with Gasteiger partial charge in [-0.05, 0) is 12.0 Å². The zero-order valence-corrected chi connectivity index (χ0v) is 13.6. The van der Waals surface area contributed by atoms with Crippen LogP contribution in [-0.2, 0) is 6.42 Å². The molecule has 1 aromatic carbocycles. The molecule has 0 heterocycles. The molecule has 0 radical (unpaired) electrons. The van der Waals surface area contributed by atoms with E-state index in [9.17, 15) is 19.8 Å². The van der Waals surface area contributed by atoms with Gasteiger partial charge in [0.2, 0.25) is 0 Å². The number of carboxylic acid groups (broad SMARTS) is 2. The fraction of sp³-hybridized carbons (Fsp3) is 0.200. The number of aromatic carboxylic acids is 2. The molecular formula is C10H8Na2O4. The van der Waals surface area contributed by atoms with Crippen LogP contribution in [0.1, 0.15) is 33.2 Å². The number of rotatable bonds is 3. The Morgan fingerprint density at radius 1 is 1.12 bits per heavy atom. The third-order valence-electron chi connectivity index (χ3n) is 1.96. The van der Waals surface area contributed by atoms with Gasteiger partial charge < -0.3 is 19.8 Å². The maximum Gasteiger partial charge on any atom is 1.00 e. The minimum Gasteiger partial charge on any atom is -0.545 e. The second-order valence-corrected chi connectivity index (χ2v) is 2.77. The van der Waals surface area contributed by atoms with Crippen molar-refractivity contribution in [3.05, 3.63) is 34.9 Å². The van der Waals surface area contributed by atoms with Gasteiger partial charge in [-0.1, -0.05) is 25.1 Å². The van der Waals surface area contributed by atoms with Crippen molar-refractivity contribution in [2.75, 3.05) is 0 Å². The van der Waals surface area contributed by atoms with Crippen LogP contribution in [-0.4, -0.2) is 11.9 Å². The van der Waals surface area contributed by atoms with Crippen LogP contribution in [0.25, 0.3) is 0 Å². The molecule has 1 rings (SSSR count). The molecule has 0 amide bonds. The van der Waals surface area contributed by atoms with Crippen molar-refractivity contribution in [1.82, 2.24) is 0 Å². The molecule has 6 heteroatoms. The Labute approximate surface area is 138 Å². The first-order valence-corrected chi connectivity index (χ1v) is 4.12. The normalized spacial score (nSPS) is 8.56. The number of aryl methyl sites for hydroxylation is 1. The molecule has 0 saturated carbocycles. The van der Waals surface area contributed by atoms with Crippen molar-refractivity contribution in [2.45, 2.75) is 13.3 Å². The summed E-state index contributed by atoms with van der Waals surface area (Å²) in [5.41, 5.74) is -0.175. The molecule has 0 aliphatic rings. The number of carbonyl (C=O) groups excluding carboxylic acids is 2. The zero-order valence-electron chi connectivity index (χ0n) is 9.57. The number of benzene rings is 1. The first-order valence-electron chi connectivity index (χ1n) is 4.12. The van der Waals surface area contributed by atoms with Gasteiger partial charge in [-0.25, -0.2) is 0 Å². The summed E-state index contributed by atoms with van der Waals surface area (Å²) in [7, 11) is 0. The van der Waals surface area contributed by atoms with E-state index in [1.165, 1.54) is 12.1 Å². The molecule has 0 fully saturated rings. The summed E-state index contributed by atoms with van der Waals surface area (Å²) < 4.78 is 0. The van der Waals surface area contributed by atoms with Gasteiger partial charge in [-0.3, -0.25) is 0 Å². The fourth-order valence-corrected chi connectivity index (χ4v) is 1.31. The topological polar surface area (TPSA) is 80.3 Å². The van der Waals surface area contributed by atoms with Crippen LogP contribution >= 0.6 is 0 Å². The Bertz CT molecular complexity index is 390. The summed E-state index contributed by atoms with van der Waals surface area (Å²) in [6.07, 6.45) is 0.435. The second-order valence-electron chi connectivity index (χ2n) is 2.77. The predicted octanol–water partition coefficient (Wildman–Crippen LogP) is -7.02. The Morgan fingerprint density at radius 3 is 2.06 bits per heavy atom. The summed E-state index contributed by atoms with van der Waals surface area (Å²) in [6.45, 7) is 1.74. The van der Waals surface area contributed by atoms with Crippen molar-refractivity contribution in [3.8, 4) is 0 Å². The maximum atomic E-state index is 10.7. The molecule has 0 aliphatic heterocycles. The number of carboxylic acids is 2. The monoisotopic (exact) mass is 238 g/mol. The van der Waals surface area contributed by atoms with E-state index >= 15 is 0 Å². The van der Waals surface area contributed by atoms with Crippen LogP contribution in [0.5, 0.6) is 0 Å². The van der Waals surface area contributed by atoms with Gasteiger partial charge >= 0.3 is 59.1 Å². The maximum absolute atomic E-state index is 10.7. The van der Waals surface area contributed by atoms with Gasteiger partial charge in [0.25, 0.3) is 0 Å². The van der Waals surface area contributed by atoms with Crippen molar-refractivity contribution in [1.29, 1.82) is 0 Å². The van der Waals surface area contributed by atoms with Crippen LogP contribution in [0.3, 0.4) is 0 Å². The van der Waals surface area contributed by atoms with Gasteiger partial charge in [0.05, 0.1) is 11.9 Å². The third kappa shape index (κ3) is 4.20. The first-order chi connectivity index (χ1) is 6.57. The van der Waals surface area contributed by atoms with Crippen LogP contribution in [0.2, 0.25) is 0 Å². The zero-order chi connectivity index (χ0) is 10.7. The van der Waals surface area contributed by atoms with Gasteiger partial charge in [-0.2, -0.15) is 0 Å². The molecule has 1 aromatic rings. The molecule has 0 unspecified atom stereocenters. The smallest absolute Gasteiger partial charge is 0.545 e. The minimum absolute atomic E-state index is 0. The number of hydrogen-bond acceptors (Lipinski definition) is 4. The van der Waals surface area contributed by atoms with Crippen LogP contribution in [0.4, 0.5) is 0 Å². The Hall–Kier alpha value is 0.160. The molecule has 0 aliphatic carbocycles. The molecular weight excluding hydrogens is 230 g/mol. The van der Waals surface area contributed by atoms with E-state index in [0.717, 1.165) is 0 Å². The largest absolute Gasteiger partial charge is 1.00 e. The molecule has 0 saturated heterocycles. The molecule has 0 spiro atoms. The second kappa shape index (κ2) is 8.28. The summed E-state index contributed by atoms with van der Waals surface area (Å²) in [5, 5.41) is 21.3. The van der Waals surface area contributed by atoms with E-state index in [0.29, 0.717) is 12.0 Å². The van der Waals surface area contributed by atoms with Crippen LogP contribution < -0.4 is 69.3 Å². The average molecular weight is 238 g/mol. The van der Waals surface area contributed by atoms with Gasteiger partial charge in [0.1, 0.15) is 0 Å². The van der Waals surface area contributed by atoms with Crippen molar-refractivity contribution in [3.63, 3.8) is 0 Å². The van der Waals surface area contributed by atoms with E-state index in [4.69, 9.17) is 0 Å².